The Balaban J connectivity index is 1.79. The summed E-state index contributed by atoms with van der Waals surface area (Å²) in [6.07, 6.45) is 4.10. The molecule has 0 saturated heterocycles. The van der Waals surface area contributed by atoms with Gasteiger partial charge in [0, 0.05) is 22.9 Å². The number of ketones is 1. The molecule has 170 valence electrons. The standard InChI is InChI=1S/C25H29NO6/c1-13-12-18-22(23(28)19(13)24(29)31-3)21(15-8-10-16(27)11-9-15)20(14(2)26-18)25(30)32-17-6-4-5-7-17/h8-11,13,17,19,21,26-27H,4-7,12H2,1-3H3/t13-,19+,21+/m0/s1. The number of rotatable bonds is 4. The van der Waals surface area contributed by atoms with E-state index in [2.05, 4.69) is 5.32 Å². The highest BCUT2D eigenvalue weighted by Crippen LogP contribution is 2.46. The molecule has 4 rings (SSSR count). The first-order valence-corrected chi connectivity index (χ1v) is 11.1. The topological polar surface area (TPSA) is 102 Å². The summed E-state index contributed by atoms with van der Waals surface area (Å²) in [5.74, 6) is -3.12. The number of esters is 2. The Morgan fingerprint density at radius 3 is 2.41 bits per heavy atom. The van der Waals surface area contributed by atoms with E-state index in [4.69, 9.17) is 9.47 Å². The van der Waals surface area contributed by atoms with Crippen LogP contribution in [-0.4, -0.2) is 36.0 Å². The molecule has 0 amide bonds. The molecule has 1 saturated carbocycles. The Hall–Kier alpha value is -3.09. The van der Waals surface area contributed by atoms with Gasteiger partial charge in [-0.2, -0.15) is 0 Å². The molecule has 1 aliphatic heterocycles. The van der Waals surface area contributed by atoms with Gasteiger partial charge in [-0.05, 0) is 62.6 Å². The third-order valence-electron chi connectivity index (χ3n) is 6.77. The third kappa shape index (κ3) is 3.92. The maximum absolute atomic E-state index is 13.6. The van der Waals surface area contributed by atoms with Gasteiger partial charge in [-0.3, -0.25) is 9.59 Å². The maximum atomic E-state index is 13.6. The lowest BCUT2D eigenvalue weighted by atomic mass is 9.69. The number of nitrogens with one attached hydrogen (secondary N) is 1. The SMILES string of the molecule is COC(=O)[C@H]1C(=O)C2=C(C[C@@H]1C)NC(C)=C(C(=O)OC1CCCC1)[C@H]2c1ccc(O)cc1. The lowest BCUT2D eigenvalue weighted by molar-refractivity contribution is -0.151. The van der Waals surface area contributed by atoms with E-state index >= 15 is 0 Å². The second kappa shape index (κ2) is 8.81. The van der Waals surface area contributed by atoms with Gasteiger partial charge in [0.1, 0.15) is 17.8 Å². The molecule has 0 unspecified atom stereocenters. The zero-order chi connectivity index (χ0) is 23.0. The van der Waals surface area contributed by atoms with Crippen molar-refractivity contribution in [3.05, 3.63) is 52.4 Å². The monoisotopic (exact) mass is 439 g/mol. The normalized spacial score (nSPS) is 26.0. The molecule has 7 nitrogen and oxygen atoms in total. The van der Waals surface area contributed by atoms with Gasteiger partial charge in [0.25, 0.3) is 0 Å². The van der Waals surface area contributed by atoms with Gasteiger partial charge in [-0.25, -0.2) is 4.79 Å². The molecule has 2 N–H and O–H groups in total. The van der Waals surface area contributed by atoms with Crippen molar-refractivity contribution in [3.63, 3.8) is 0 Å². The lowest BCUT2D eigenvalue weighted by Gasteiger charge is -2.38. The fourth-order valence-electron chi connectivity index (χ4n) is 5.17. The van der Waals surface area contributed by atoms with E-state index in [9.17, 15) is 19.5 Å². The second-order valence-corrected chi connectivity index (χ2v) is 8.94. The minimum atomic E-state index is -0.925. The van der Waals surface area contributed by atoms with E-state index < -0.39 is 23.8 Å². The molecular formula is C25H29NO6. The Morgan fingerprint density at radius 1 is 1.12 bits per heavy atom. The zero-order valence-electron chi connectivity index (χ0n) is 18.6. The summed E-state index contributed by atoms with van der Waals surface area (Å²) in [5, 5.41) is 13.0. The van der Waals surface area contributed by atoms with E-state index in [1.807, 2.05) is 13.8 Å². The van der Waals surface area contributed by atoms with Crippen LogP contribution in [0, 0.1) is 11.8 Å². The summed E-state index contributed by atoms with van der Waals surface area (Å²) >= 11 is 0. The van der Waals surface area contributed by atoms with Crippen molar-refractivity contribution in [2.45, 2.75) is 58.0 Å². The summed E-state index contributed by atoms with van der Waals surface area (Å²) in [6, 6.07) is 6.45. The van der Waals surface area contributed by atoms with Crippen LogP contribution in [0.25, 0.3) is 0 Å². The highest BCUT2D eigenvalue weighted by Gasteiger charge is 2.47. The van der Waals surface area contributed by atoms with Crippen LogP contribution in [0.4, 0.5) is 0 Å². The fourth-order valence-corrected chi connectivity index (χ4v) is 5.17. The van der Waals surface area contributed by atoms with Crippen molar-refractivity contribution in [2.24, 2.45) is 11.8 Å². The number of allylic oxidation sites excluding steroid dienone is 3. The van der Waals surface area contributed by atoms with Crippen LogP contribution < -0.4 is 5.32 Å². The summed E-state index contributed by atoms with van der Waals surface area (Å²) in [7, 11) is 1.28. The van der Waals surface area contributed by atoms with Gasteiger partial charge in [0.05, 0.1) is 12.7 Å². The van der Waals surface area contributed by atoms with Crippen molar-refractivity contribution in [1.29, 1.82) is 0 Å². The molecule has 3 aliphatic rings. The summed E-state index contributed by atoms with van der Waals surface area (Å²) in [5.41, 5.74) is 2.80. The van der Waals surface area contributed by atoms with Crippen molar-refractivity contribution >= 4 is 17.7 Å². The van der Waals surface area contributed by atoms with Gasteiger partial charge in [0.2, 0.25) is 0 Å². The van der Waals surface area contributed by atoms with Crippen LogP contribution in [0.2, 0.25) is 0 Å². The Labute approximate surface area is 187 Å². The molecule has 3 atom stereocenters. The second-order valence-electron chi connectivity index (χ2n) is 8.94. The molecule has 1 heterocycles. The molecule has 1 aromatic carbocycles. The number of ether oxygens (including phenoxy) is 2. The molecule has 2 aliphatic carbocycles. The van der Waals surface area contributed by atoms with Gasteiger partial charge < -0.3 is 19.9 Å². The molecular weight excluding hydrogens is 410 g/mol. The van der Waals surface area contributed by atoms with Crippen molar-refractivity contribution in [1.82, 2.24) is 5.32 Å². The van der Waals surface area contributed by atoms with Crippen LogP contribution in [-0.2, 0) is 23.9 Å². The first-order chi connectivity index (χ1) is 15.3. The number of phenols is 1. The number of phenolic OH excluding ortho intramolecular Hbond substituents is 1. The maximum Gasteiger partial charge on any atom is 0.337 e. The van der Waals surface area contributed by atoms with Crippen LogP contribution in [0.3, 0.4) is 0 Å². The van der Waals surface area contributed by atoms with Gasteiger partial charge in [-0.1, -0.05) is 19.1 Å². The first-order valence-electron chi connectivity index (χ1n) is 11.1. The predicted molar refractivity (Wildman–Crippen MR) is 116 cm³/mol. The number of hydrogen-bond acceptors (Lipinski definition) is 7. The highest BCUT2D eigenvalue weighted by molar-refractivity contribution is 6.12. The number of Topliss-reactive ketones (excluding diaryl/α,β-unsaturated/α-hetero) is 1. The lowest BCUT2D eigenvalue weighted by Crippen LogP contribution is -2.43. The van der Waals surface area contributed by atoms with E-state index in [-0.39, 0.29) is 23.6 Å². The minimum Gasteiger partial charge on any atom is -0.508 e. The molecule has 0 spiro atoms. The molecule has 0 aromatic heterocycles. The van der Waals surface area contributed by atoms with Crippen LogP contribution >= 0.6 is 0 Å². The molecule has 32 heavy (non-hydrogen) atoms. The Kier molecular flexibility index (Phi) is 6.09. The molecule has 0 radical (unpaired) electrons. The highest BCUT2D eigenvalue weighted by atomic mass is 16.5. The number of methoxy groups -OCH3 is 1. The summed E-state index contributed by atoms with van der Waals surface area (Å²) < 4.78 is 10.7. The third-order valence-corrected chi connectivity index (χ3v) is 6.77. The summed E-state index contributed by atoms with van der Waals surface area (Å²) in [4.78, 5) is 39.4. The van der Waals surface area contributed by atoms with Gasteiger partial charge in [-0.15, -0.1) is 0 Å². The Morgan fingerprint density at radius 2 is 1.78 bits per heavy atom. The first kappa shape index (κ1) is 22.1. The van der Waals surface area contributed by atoms with E-state index in [0.717, 1.165) is 31.4 Å². The molecule has 1 aromatic rings. The van der Waals surface area contributed by atoms with Gasteiger partial charge >= 0.3 is 11.9 Å². The average molecular weight is 440 g/mol. The zero-order valence-corrected chi connectivity index (χ0v) is 18.6. The van der Waals surface area contributed by atoms with E-state index in [1.165, 1.54) is 19.2 Å². The van der Waals surface area contributed by atoms with Crippen molar-refractivity contribution in [2.75, 3.05) is 7.11 Å². The average Bonchev–Trinajstić information content (AvgIpc) is 3.26. The Bertz CT molecular complexity index is 1000. The van der Waals surface area contributed by atoms with Crippen molar-refractivity contribution in [3.8, 4) is 5.75 Å². The number of carbonyl (C=O) groups excluding carboxylic acids is 3. The minimum absolute atomic E-state index is 0.0868. The largest absolute Gasteiger partial charge is 0.508 e. The smallest absolute Gasteiger partial charge is 0.337 e. The van der Waals surface area contributed by atoms with Crippen LogP contribution in [0.1, 0.15) is 57.4 Å². The number of aromatic hydroxyl groups is 1. The van der Waals surface area contributed by atoms with Crippen LogP contribution in [0.15, 0.2) is 46.8 Å². The molecule has 1 fully saturated rings. The number of benzene rings is 1. The van der Waals surface area contributed by atoms with E-state index in [0.29, 0.717) is 28.8 Å². The number of hydrogen-bond donors (Lipinski definition) is 2. The van der Waals surface area contributed by atoms with Crippen LogP contribution in [0.5, 0.6) is 5.75 Å². The summed E-state index contributed by atoms with van der Waals surface area (Å²) in [6.45, 7) is 3.66. The fraction of sp³-hybridized carbons (Fsp3) is 0.480. The number of carbonyl (C=O) groups is 3. The quantitative estimate of drug-likeness (QED) is 0.547. The predicted octanol–water partition coefficient (Wildman–Crippen LogP) is 3.49. The van der Waals surface area contributed by atoms with E-state index in [1.54, 1.807) is 12.1 Å². The van der Waals surface area contributed by atoms with Gasteiger partial charge in [0.15, 0.2) is 5.78 Å². The molecule has 0 bridgehead atoms. The number of dihydropyridines is 1. The molecule has 7 heteroatoms. The van der Waals surface area contributed by atoms with Crippen molar-refractivity contribution < 1.29 is 29.0 Å².